The zero-order valence-electron chi connectivity index (χ0n) is 9.56. The highest BCUT2D eigenvalue weighted by atomic mass is 35.5. The zero-order valence-corrected chi connectivity index (χ0v) is 11.1. The molecule has 0 saturated carbocycles. The van der Waals surface area contributed by atoms with Gasteiger partial charge in [0.1, 0.15) is 5.52 Å². The van der Waals surface area contributed by atoms with Crippen molar-refractivity contribution in [3.05, 3.63) is 20.9 Å². The van der Waals surface area contributed by atoms with Crippen molar-refractivity contribution >= 4 is 34.4 Å². The number of hydrogen-bond acceptors (Lipinski definition) is 4. The SMILES string of the molecule is Cn1c(=O)n([C@@H]2CCOC2)c2nc(Cl)nc(Cl)c21. The van der Waals surface area contributed by atoms with E-state index in [2.05, 4.69) is 9.97 Å². The van der Waals surface area contributed by atoms with E-state index in [-0.39, 0.29) is 22.2 Å². The molecule has 1 fully saturated rings. The Morgan fingerprint density at radius 3 is 2.83 bits per heavy atom. The molecule has 0 bridgehead atoms. The lowest BCUT2D eigenvalue weighted by atomic mass is 10.2. The van der Waals surface area contributed by atoms with Gasteiger partial charge in [0.15, 0.2) is 10.8 Å². The molecule has 3 rings (SSSR count). The van der Waals surface area contributed by atoms with Gasteiger partial charge in [-0.05, 0) is 18.0 Å². The maximum Gasteiger partial charge on any atom is 0.330 e. The van der Waals surface area contributed by atoms with Crippen LogP contribution in [0.2, 0.25) is 10.4 Å². The Labute approximate surface area is 112 Å². The third-order valence-electron chi connectivity index (χ3n) is 3.12. The van der Waals surface area contributed by atoms with Crippen LogP contribution < -0.4 is 5.69 Å². The van der Waals surface area contributed by atoms with Crippen LogP contribution >= 0.6 is 23.2 Å². The lowest BCUT2D eigenvalue weighted by Gasteiger charge is -2.08. The molecule has 1 aliphatic rings. The second-order valence-corrected chi connectivity index (χ2v) is 4.88. The van der Waals surface area contributed by atoms with Gasteiger partial charge in [0.05, 0.1) is 12.6 Å². The third kappa shape index (κ3) is 1.64. The Hall–Kier alpha value is -1.11. The van der Waals surface area contributed by atoms with Crippen molar-refractivity contribution < 1.29 is 4.74 Å². The van der Waals surface area contributed by atoms with Gasteiger partial charge >= 0.3 is 5.69 Å². The molecule has 0 aromatic carbocycles. The van der Waals surface area contributed by atoms with Crippen LogP contribution in [-0.4, -0.2) is 32.3 Å². The predicted octanol–water partition coefficient (Wildman–Crippen LogP) is 1.40. The molecule has 8 heteroatoms. The van der Waals surface area contributed by atoms with Crippen LogP contribution in [-0.2, 0) is 11.8 Å². The summed E-state index contributed by atoms with van der Waals surface area (Å²) in [5, 5.41) is 0.216. The summed E-state index contributed by atoms with van der Waals surface area (Å²) >= 11 is 11.8. The molecule has 1 atom stereocenters. The minimum atomic E-state index is -0.182. The fourth-order valence-electron chi connectivity index (χ4n) is 2.25. The summed E-state index contributed by atoms with van der Waals surface area (Å²) in [6, 6.07) is -0.0248. The van der Waals surface area contributed by atoms with Gasteiger partial charge in [-0.3, -0.25) is 9.13 Å². The van der Waals surface area contributed by atoms with Crippen molar-refractivity contribution in [3.63, 3.8) is 0 Å². The van der Waals surface area contributed by atoms with Gasteiger partial charge in [-0.1, -0.05) is 11.6 Å². The predicted molar refractivity (Wildman–Crippen MR) is 67.3 cm³/mol. The maximum absolute atomic E-state index is 12.2. The van der Waals surface area contributed by atoms with Gasteiger partial charge in [-0.2, -0.15) is 4.98 Å². The Morgan fingerprint density at radius 1 is 1.39 bits per heavy atom. The van der Waals surface area contributed by atoms with Crippen LogP contribution in [0.25, 0.3) is 11.2 Å². The molecule has 96 valence electrons. The lowest BCUT2D eigenvalue weighted by Crippen LogP contribution is -2.26. The first-order valence-corrected chi connectivity index (χ1v) is 6.23. The number of hydrogen-bond donors (Lipinski definition) is 0. The van der Waals surface area contributed by atoms with Gasteiger partial charge in [-0.15, -0.1) is 0 Å². The van der Waals surface area contributed by atoms with Crippen LogP contribution in [0.5, 0.6) is 0 Å². The van der Waals surface area contributed by atoms with Crippen LogP contribution in [0.4, 0.5) is 0 Å². The van der Waals surface area contributed by atoms with E-state index in [1.54, 1.807) is 11.6 Å². The minimum absolute atomic E-state index is 0.0248. The monoisotopic (exact) mass is 288 g/mol. The average Bonchev–Trinajstić information content (AvgIpc) is 2.88. The van der Waals surface area contributed by atoms with E-state index in [0.29, 0.717) is 24.4 Å². The number of halogens is 2. The average molecular weight is 289 g/mol. The maximum atomic E-state index is 12.2. The summed E-state index contributed by atoms with van der Waals surface area (Å²) in [6.45, 7) is 1.14. The van der Waals surface area contributed by atoms with Crippen molar-refractivity contribution in [2.75, 3.05) is 13.2 Å². The first-order chi connectivity index (χ1) is 8.59. The minimum Gasteiger partial charge on any atom is -0.379 e. The second kappa shape index (κ2) is 4.22. The quantitative estimate of drug-likeness (QED) is 0.588. The van der Waals surface area contributed by atoms with E-state index in [9.17, 15) is 4.79 Å². The van der Waals surface area contributed by atoms with Crippen molar-refractivity contribution in [2.24, 2.45) is 7.05 Å². The number of imidazole rings is 1. The molecule has 1 aliphatic heterocycles. The first-order valence-electron chi connectivity index (χ1n) is 5.47. The van der Waals surface area contributed by atoms with E-state index < -0.39 is 0 Å². The van der Waals surface area contributed by atoms with Crippen molar-refractivity contribution in [2.45, 2.75) is 12.5 Å². The molecule has 0 amide bonds. The number of fused-ring (bicyclic) bond motifs is 1. The van der Waals surface area contributed by atoms with E-state index in [1.807, 2.05) is 0 Å². The molecule has 0 spiro atoms. The molecule has 2 aromatic rings. The van der Waals surface area contributed by atoms with Crippen molar-refractivity contribution in [3.8, 4) is 0 Å². The fraction of sp³-hybridized carbons (Fsp3) is 0.500. The molecule has 1 saturated heterocycles. The van der Waals surface area contributed by atoms with Crippen LogP contribution in [0.1, 0.15) is 12.5 Å². The second-order valence-electron chi connectivity index (χ2n) is 4.18. The van der Waals surface area contributed by atoms with Gasteiger partial charge in [0.25, 0.3) is 0 Å². The highest BCUT2D eigenvalue weighted by molar-refractivity contribution is 6.35. The Kier molecular flexibility index (Phi) is 2.80. The largest absolute Gasteiger partial charge is 0.379 e. The van der Waals surface area contributed by atoms with E-state index >= 15 is 0 Å². The van der Waals surface area contributed by atoms with E-state index in [1.165, 1.54) is 4.57 Å². The molecule has 0 unspecified atom stereocenters. The molecule has 0 N–H and O–H groups in total. The topological polar surface area (TPSA) is 61.9 Å². The standard InChI is InChI=1S/C10H10Cl2N4O2/c1-15-6-7(11)13-9(12)14-8(6)16(10(15)17)5-2-3-18-4-5/h5H,2-4H2,1H3/t5-/m1/s1. The smallest absolute Gasteiger partial charge is 0.330 e. The molecular weight excluding hydrogens is 279 g/mol. The van der Waals surface area contributed by atoms with Gasteiger partial charge < -0.3 is 4.74 Å². The molecule has 0 aliphatic carbocycles. The summed E-state index contributed by atoms with van der Waals surface area (Å²) in [7, 11) is 1.64. The summed E-state index contributed by atoms with van der Waals surface area (Å²) in [6.07, 6.45) is 0.776. The van der Waals surface area contributed by atoms with Gasteiger partial charge in [0.2, 0.25) is 5.28 Å². The highest BCUT2D eigenvalue weighted by Crippen LogP contribution is 2.25. The van der Waals surface area contributed by atoms with E-state index in [4.69, 9.17) is 27.9 Å². The van der Waals surface area contributed by atoms with Crippen molar-refractivity contribution in [1.82, 2.24) is 19.1 Å². The summed E-state index contributed by atoms with van der Waals surface area (Å²) < 4.78 is 8.33. The summed E-state index contributed by atoms with van der Waals surface area (Å²) in [5.41, 5.74) is 0.778. The van der Waals surface area contributed by atoms with Crippen LogP contribution in [0.15, 0.2) is 4.79 Å². The molecule has 18 heavy (non-hydrogen) atoms. The van der Waals surface area contributed by atoms with Crippen molar-refractivity contribution in [1.29, 1.82) is 0 Å². The van der Waals surface area contributed by atoms with Gasteiger partial charge in [-0.25, -0.2) is 9.78 Å². The number of aryl methyl sites for hydroxylation is 1. The fourth-order valence-corrected chi connectivity index (χ4v) is 2.75. The Bertz CT molecular complexity index is 673. The summed E-state index contributed by atoms with van der Waals surface area (Å²) in [5.74, 6) is 0. The van der Waals surface area contributed by atoms with Gasteiger partial charge in [0, 0.05) is 13.7 Å². The first kappa shape index (κ1) is 12.0. The normalized spacial score (nSPS) is 19.8. The molecular formula is C10H10Cl2N4O2. The zero-order chi connectivity index (χ0) is 12.9. The lowest BCUT2D eigenvalue weighted by molar-refractivity contribution is 0.186. The van der Waals surface area contributed by atoms with Crippen LogP contribution in [0, 0.1) is 0 Å². The third-order valence-corrected chi connectivity index (χ3v) is 3.56. The highest BCUT2D eigenvalue weighted by Gasteiger charge is 2.25. The number of rotatable bonds is 1. The molecule has 3 heterocycles. The molecule has 6 nitrogen and oxygen atoms in total. The number of nitrogens with zero attached hydrogens (tertiary/aromatic N) is 4. The Morgan fingerprint density at radius 2 is 2.17 bits per heavy atom. The number of ether oxygens (including phenoxy) is 1. The van der Waals surface area contributed by atoms with Crippen LogP contribution in [0.3, 0.4) is 0 Å². The molecule has 2 aromatic heterocycles. The number of aromatic nitrogens is 4. The Balaban J connectivity index is 2.37. The molecule has 0 radical (unpaired) electrons. The summed E-state index contributed by atoms with van der Waals surface area (Å²) in [4.78, 5) is 20.2. The van der Waals surface area contributed by atoms with E-state index in [0.717, 1.165) is 6.42 Å².